The Morgan fingerprint density at radius 2 is 2.05 bits per heavy atom. The Balaban J connectivity index is 2.56. The van der Waals surface area contributed by atoms with Crippen molar-refractivity contribution in [2.24, 2.45) is 0 Å². The van der Waals surface area contributed by atoms with Crippen LogP contribution in [-0.4, -0.2) is 16.3 Å². The van der Waals surface area contributed by atoms with Gasteiger partial charge in [-0.05, 0) is 39.0 Å². The SMILES string of the molecule is CC(C)(C)OC(=O)n1c(CBr)cc2ccc(Cl)cc21. The van der Waals surface area contributed by atoms with Crippen LogP contribution in [0, 0.1) is 0 Å². The van der Waals surface area contributed by atoms with Crippen molar-refractivity contribution in [1.29, 1.82) is 0 Å². The Morgan fingerprint density at radius 1 is 1.37 bits per heavy atom. The first-order valence-corrected chi connectivity index (χ1v) is 7.41. The van der Waals surface area contributed by atoms with Crippen molar-refractivity contribution < 1.29 is 9.53 Å². The van der Waals surface area contributed by atoms with Crippen molar-refractivity contribution in [2.45, 2.75) is 31.7 Å². The molecule has 0 aliphatic heterocycles. The maximum Gasteiger partial charge on any atom is 0.419 e. The second kappa shape index (κ2) is 5.17. The first-order chi connectivity index (χ1) is 8.81. The fourth-order valence-corrected chi connectivity index (χ4v) is 2.43. The second-order valence-electron chi connectivity index (χ2n) is 5.29. The third kappa shape index (κ3) is 3.12. The van der Waals surface area contributed by atoms with Gasteiger partial charge in [-0.25, -0.2) is 9.36 Å². The Morgan fingerprint density at radius 3 is 2.63 bits per heavy atom. The lowest BCUT2D eigenvalue weighted by Gasteiger charge is -2.20. The number of nitrogens with zero attached hydrogens (tertiary/aromatic N) is 1. The minimum absolute atomic E-state index is 0.390. The molecule has 0 fully saturated rings. The van der Waals surface area contributed by atoms with Gasteiger partial charge >= 0.3 is 6.09 Å². The molecule has 0 N–H and O–H groups in total. The zero-order chi connectivity index (χ0) is 14.2. The van der Waals surface area contributed by atoms with E-state index in [1.54, 1.807) is 16.7 Å². The minimum atomic E-state index is -0.532. The molecule has 2 rings (SSSR count). The molecule has 1 aromatic heterocycles. The molecule has 1 heterocycles. The second-order valence-corrected chi connectivity index (χ2v) is 6.29. The Kier molecular flexibility index (Phi) is 3.92. The Hall–Kier alpha value is -1.00. The number of carbonyl (C=O) groups is 1. The lowest BCUT2D eigenvalue weighted by Crippen LogP contribution is -2.27. The quantitative estimate of drug-likeness (QED) is 0.684. The molecule has 0 radical (unpaired) electrons. The number of benzene rings is 1. The normalized spacial score (nSPS) is 11.8. The third-order valence-electron chi connectivity index (χ3n) is 2.56. The van der Waals surface area contributed by atoms with Crippen molar-refractivity contribution in [3.05, 3.63) is 35.0 Å². The number of hydrogen-bond donors (Lipinski definition) is 0. The van der Waals surface area contributed by atoms with Crippen LogP contribution < -0.4 is 0 Å². The van der Waals surface area contributed by atoms with E-state index in [0.717, 1.165) is 16.6 Å². The lowest BCUT2D eigenvalue weighted by atomic mass is 10.2. The molecule has 0 atom stereocenters. The lowest BCUT2D eigenvalue weighted by molar-refractivity contribution is 0.0541. The number of fused-ring (bicyclic) bond motifs is 1. The number of hydrogen-bond acceptors (Lipinski definition) is 2. The number of ether oxygens (including phenoxy) is 1. The predicted octanol–water partition coefficient (Wildman–Crippen LogP) is 4.97. The molecule has 0 aliphatic rings. The zero-order valence-corrected chi connectivity index (χ0v) is 13.4. The average Bonchev–Trinajstić information content (AvgIpc) is 2.64. The third-order valence-corrected chi connectivity index (χ3v) is 3.37. The molecule has 0 saturated heterocycles. The maximum absolute atomic E-state index is 12.3. The van der Waals surface area contributed by atoms with Crippen LogP contribution >= 0.6 is 27.5 Å². The van der Waals surface area contributed by atoms with Gasteiger partial charge in [-0.2, -0.15) is 0 Å². The summed E-state index contributed by atoms with van der Waals surface area (Å²) >= 11 is 9.40. The summed E-state index contributed by atoms with van der Waals surface area (Å²) in [6, 6.07) is 7.42. The monoisotopic (exact) mass is 343 g/mol. The fraction of sp³-hybridized carbons (Fsp3) is 0.357. The topological polar surface area (TPSA) is 31.2 Å². The maximum atomic E-state index is 12.3. The molecule has 19 heavy (non-hydrogen) atoms. The number of rotatable bonds is 1. The molecule has 0 aliphatic carbocycles. The number of aromatic nitrogens is 1. The van der Waals surface area contributed by atoms with Crippen LogP contribution in [0.25, 0.3) is 10.9 Å². The highest BCUT2D eigenvalue weighted by Gasteiger charge is 2.21. The van der Waals surface area contributed by atoms with Crippen molar-refractivity contribution in [3.8, 4) is 0 Å². The van der Waals surface area contributed by atoms with Crippen molar-refractivity contribution in [2.75, 3.05) is 0 Å². The van der Waals surface area contributed by atoms with E-state index in [4.69, 9.17) is 16.3 Å². The van der Waals surface area contributed by atoms with Crippen LogP contribution in [0.15, 0.2) is 24.3 Å². The largest absolute Gasteiger partial charge is 0.443 e. The molecule has 0 unspecified atom stereocenters. The molecular formula is C14H15BrClNO2. The van der Waals surface area contributed by atoms with Gasteiger partial charge in [-0.15, -0.1) is 0 Å². The summed E-state index contributed by atoms with van der Waals surface area (Å²) < 4.78 is 6.99. The standard InChI is InChI=1S/C14H15BrClNO2/c1-14(2,3)19-13(18)17-11(8-15)6-9-4-5-10(16)7-12(9)17/h4-7H,8H2,1-3H3. The molecule has 3 nitrogen and oxygen atoms in total. The van der Waals surface area contributed by atoms with E-state index in [1.807, 2.05) is 32.9 Å². The smallest absolute Gasteiger partial charge is 0.419 e. The first-order valence-electron chi connectivity index (χ1n) is 5.91. The van der Waals surface area contributed by atoms with Crippen LogP contribution in [0.2, 0.25) is 5.02 Å². The van der Waals surface area contributed by atoms with Gasteiger partial charge in [0.1, 0.15) is 5.60 Å². The van der Waals surface area contributed by atoms with E-state index in [2.05, 4.69) is 15.9 Å². The van der Waals surface area contributed by atoms with Crippen LogP contribution in [0.3, 0.4) is 0 Å². The van der Waals surface area contributed by atoms with E-state index >= 15 is 0 Å². The summed E-state index contributed by atoms with van der Waals surface area (Å²) in [5.41, 5.74) is 1.07. The number of carbonyl (C=O) groups excluding carboxylic acids is 1. The van der Waals surface area contributed by atoms with Gasteiger partial charge in [0, 0.05) is 21.4 Å². The van der Waals surface area contributed by atoms with Crippen LogP contribution in [0.5, 0.6) is 0 Å². The predicted molar refractivity (Wildman–Crippen MR) is 81.2 cm³/mol. The molecule has 0 bridgehead atoms. The number of alkyl halides is 1. The summed E-state index contributed by atoms with van der Waals surface area (Å²) in [7, 11) is 0. The summed E-state index contributed by atoms with van der Waals surface area (Å²) in [4.78, 5) is 12.3. The average molecular weight is 345 g/mol. The summed E-state index contributed by atoms with van der Waals surface area (Å²) in [5.74, 6) is 0. The van der Waals surface area contributed by atoms with Gasteiger partial charge in [0.05, 0.1) is 5.52 Å². The van der Waals surface area contributed by atoms with Crippen LogP contribution in [-0.2, 0) is 10.1 Å². The summed E-state index contributed by atoms with van der Waals surface area (Å²) in [6.45, 7) is 5.53. The fourth-order valence-electron chi connectivity index (χ4n) is 1.85. The molecular weight excluding hydrogens is 330 g/mol. The van der Waals surface area contributed by atoms with Gasteiger partial charge in [0.25, 0.3) is 0 Å². The first kappa shape index (κ1) is 14.4. The van der Waals surface area contributed by atoms with Crippen LogP contribution in [0.1, 0.15) is 26.5 Å². The molecule has 1 aromatic carbocycles. The van der Waals surface area contributed by atoms with Gasteiger partial charge in [-0.1, -0.05) is 33.6 Å². The molecule has 0 amide bonds. The summed E-state index contributed by atoms with van der Waals surface area (Å²) in [6.07, 6.45) is -0.390. The van der Waals surface area contributed by atoms with Crippen LogP contribution in [0.4, 0.5) is 4.79 Å². The van der Waals surface area contributed by atoms with Crippen molar-refractivity contribution in [3.63, 3.8) is 0 Å². The van der Waals surface area contributed by atoms with E-state index in [1.165, 1.54) is 0 Å². The van der Waals surface area contributed by atoms with E-state index < -0.39 is 5.60 Å². The number of halogens is 2. The van der Waals surface area contributed by atoms with Crippen molar-refractivity contribution in [1.82, 2.24) is 4.57 Å². The highest BCUT2D eigenvalue weighted by atomic mass is 79.9. The van der Waals surface area contributed by atoms with Gasteiger partial charge in [0.2, 0.25) is 0 Å². The van der Waals surface area contributed by atoms with Gasteiger partial charge in [0.15, 0.2) is 0 Å². The zero-order valence-electron chi connectivity index (χ0n) is 11.0. The Labute approximate surface area is 125 Å². The van der Waals surface area contributed by atoms with E-state index in [-0.39, 0.29) is 6.09 Å². The Bertz CT molecular complexity index is 628. The highest BCUT2D eigenvalue weighted by Crippen LogP contribution is 2.26. The van der Waals surface area contributed by atoms with Gasteiger partial charge in [-0.3, -0.25) is 0 Å². The van der Waals surface area contributed by atoms with E-state index in [9.17, 15) is 4.79 Å². The molecule has 5 heteroatoms. The molecule has 0 saturated carbocycles. The molecule has 0 spiro atoms. The minimum Gasteiger partial charge on any atom is -0.443 e. The summed E-state index contributed by atoms with van der Waals surface area (Å²) in [5, 5.41) is 2.12. The van der Waals surface area contributed by atoms with E-state index in [0.29, 0.717) is 10.4 Å². The highest BCUT2D eigenvalue weighted by molar-refractivity contribution is 9.08. The van der Waals surface area contributed by atoms with Gasteiger partial charge < -0.3 is 4.74 Å². The molecule has 2 aromatic rings. The van der Waals surface area contributed by atoms with Crippen molar-refractivity contribution >= 4 is 44.5 Å². The molecule has 102 valence electrons.